The van der Waals surface area contributed by atoms with Crippen LogP contribution in [0.5, 0.6) is 0 Å². The minimum Gasteiger partial charge on any atom is -0.379 e. The third-order valence-electron chi connectivity index (χ3n) is 2.91. The van der Waals surface area contributed by atoms with Gasteiger partial charge in [0.2, 0.25) is 0 Å². The molecule has 2 unspecified atom stereocenters. The van der Waals surface area contributed by atoms with Crippen LogP contribution in [0.4, 0.5) is 8.78 Å². The fraction of sp³-hybridized carbons (Fsp3) is 0.538. The fourth-order valence-corrected chi connectivity index (χ4v) is 2.09. The van der Waals surface area contributed by atoms with Gasteiger partial charge in [-0.2, -0.15) is 0 Å². The minimum absolute atomic E-state index is 0.166. The van der Waals surface area contributed by atoms with Gasteiger partial charge >= 0.3 is 0 Å². The largest absolute Gasteiger partial charge is 0.379 e. The Morgan fingerprint density at radius 1 is 1.28 bits per heavy atom. The van der Waals surface area contributed by atoms with Gasteiger partial charge in [-0.15, -0.1) is 0 Å². The molecular weight excluding hydrogens is 238 g/mol. The number of nitrogens with two attached hydrogens (primary N) is 1. The Bertz CT molecular complexity index is 404. The summed E-state index contributed by atoms with van der Waals surface area (Å²) in [6, 6.07) is 3.41. The van der Waals surface area contributed by atoms with E-state index in [1.807, 2.05) is 20.8 Å². The van der Waals surface area contributed by atoms with Crippen LogP contribution in [-0.2, 0) is 4.74 Å². The zero-order valence-electron chi connectivity index (χ0n) is 11.1. The van der Waals surface area contributed by atoms with Gasteiger partial charge in [0.15, 0.2) is 11.6 Å². The Balaban J connectivity index is 3.20. The van der Waals surface area contributed by atoms with Crippen molar-refractivity contribution in [1.82, 2.24) is 5.43 Å². The van der Waals surface area contributed by atoms with Gasteiger partial charge in [-0.1, -0.05) is 32.9 Å². The van der Waals surface area contributed by atoms with E-state index in [-0.39, 0.29) is 11.0 Å². The summed E-state index contributed by atoms with van der Waals surface area (Å²) in [5, 5.41) is 0. The second-order valence-electron chi connectivity index (χ2n) is 5.31. The highest BCUT2D eigenvalue weighted by Gasteiger charge is 2.34. The van der Waals surface area contributed by atoms with Crippen LogP contribution in [0, 0.1) is 17.0 Å². The molecule has 0 fully saturated rings. The first-order valence-corrected chi connectivity index (χ1v) is 5.75. The number of benzene rings is 1. The van der Waals surface area contributed by atoms with Crippen LogP contribution in [0.3, 0.4) is 0 Å². The average molecular weight is 258 g/mol. The first-order chi connectivity index (χ1) is 8.32. The second kappa shape index (κ2) is 5.73. The molecule has 0 saturated heterocycles. The highest BCUT2D eigenvalue weighted by atomic mass is 19.2. The molecule has 0 bridgehead atoms. The van der Waals surface area contributed by atoms with E-state index >= 15 is 0 Å². The molecule has 3 N–H and O–H groups in total. The van der Waals surface area contributed by atoms with Crippen LogP contribution in [0.25, 0.3) is 0 Å². The van der Waals surface area contributed by atoms with Crippen LogP contribution >= 0.6 is 0 Å². The van der Waals surface area contributed by atoms with E-state index in [1.54, 1.807) is 0 Å². The smallest absolute Gasteiger partial charge is 0.163 e. The van der Waals surface area contributed by atoms with Gasteiger partial charge in [-0.3, -0.25) is 11.3 Å². The molecule has 0 aromatic heterocycles. The molecule has 0 saturated carbocycles. The number of hydrogen-bond donors (Lipinski definition) is 2. The monoisotopic (exact) mass is 258 g/mol. The van der Waals surface area contributed by atoms with Gasteiger partial charge in [0.25, 0.3) is 0 Å². The zero-order valence-corrected chi connectivity index (χ0v) is 11.1. The van der Waals surface area contributed by atoms with Crippen molar-refractivity contribution in [3.8, 4) is 0 Å². The zero-order chi connectivity index (χ0) is 13.9. The number of rotatable bonds is 4. The van der Waals surface area contributed by atoms with E-state index in [0.717, 1.165) is 6.07 Å². The Morgan fingerprint density at radius 3 is 2.33 bits per heavy atom. The lowest BCUT2D eigenvalue weighted by Gasteiger charge is -2.35. The van der Waals surface area contributed by atoms with E-state index in [9.17, 15) is 8.78 Å². The Kier molecular flexibility index (Phi) is 4.78. The number of nitrogens with one attached hydrogen (secondary N) is 1. The minimum atomic E-state index is -0.897. The summed E-state index contributed by atoms with van der Waals surface area (Å²) in [6.45, 7) is 5.84. The summed E-state index contributed by atoms with van der Waals surface area (Å²) in [6.07, 6.45) is -0.390. The van der Waals surface area contributed by atoms with Crippen molar-refractivity contribution >= 4 is 0 Å². The fourth-order valence-electron chi connectivity index (χ4n) is 2.09. The number of methoxy groups -OCH3 is 1. The number of hydrogen-bond acceptors (Lipinski definition) is 3. The molecule has 0 aliphatic heterocycles. The number of halogens is 2. The molecule has 2 atom stereocenters. The van der Waals surface area contributed by atoms with Gasteiger partial charge < -0.3 is 4.74 Å². The van der Waals surface area contributed by atoms with E-state index in [2.05, 4.69) is 5.43 Å². The van der Waals surface area contributed by atoms with Gasteiger partial charge in [-0.25, -0.2) is 8.78 Å². The molecule has 0 spiro atoms. The third-order valence-corrected chi connectivity index (χ3v) is 2.91. The summed E-state index contributed by atoms with van der Waals surface area (Å²) in [5.74, 6) is 3.69. The van der Waals surface area contributed by atoms with Crippen molar-refractivity contribution in [2.24, 2.45) is 11.3 Å². The lowest BCUT2D eigenvalue weighted by atomic mass is 9.82. The molecule has 1 aromatic rings. The van der Waals surface area contributed by atoms with Crippen molar-refractivity contribution in [1.29, 1.82) is 0 Å². The molecule has 1 rings (SSSR count). The molecule has 0 aliphatic carbocycles. The van der Waals surface area contributed by atoms with Gasteiger partial charge in [0.05, 0.1) is 12.1 Å². The van der Waals surface area contributed by atoms with Crippen molar-refractivity contribution in [2.45, 2.75) is 32.9 Å². The van der Waals surface area contributed by atoms with Gasteiger partial charge in [-0.05, 0) is 11.5 Å². The molecule has 0 heterocycles. The molecule has 5 heteroatoms. The van der Waals surface area contributed by atoms with E-state index in [1.165, 1.54) is 19.2 Å². The highest BCUT2D eigenvalue weighted by molar-refractivity contribution is 5.24. The molecule has 102 valence electrons. The van der Waals surface area contributed by atoms with Crippen molar-refractivity contribution in [3.05, 3.63) is 35.4 Å². The van der Waals surface area contributed by atoms with E-state index < -0.39 is 23.8 Å². The summed E-state index contributed by atoms with van der Waals surface area (Å²) < 4.78 is 32.4. The molecule has 0 amide bonds. The second-order valence-corrected chi connectivity index (χ2v) is 5.31. The predicted octanol–water partition coefficient (Wildman–Crippen LogP) is 2.53. The van der Waals surface area contributed by atoms with Crippen LogP contribution in [0.1, 0.15) is 32.4 Å². The first-order valence-electron chi connectivity index (χ1n) is 5.75. The normalized spacial score (nSPS) is 15.5. The van der Waals surface area contributed by atoms with Gasteiger partial charge in [0.1, 0.15) is 0 Å². The summed E-state index contributed by atoms with van der Waals surface area (Å²) >= 11 is 0. The lowest BCUT2D eigenvalue weighted by molar-refractivity contribution is -0.0129. The quantitative estimate of drug-likeness (QED) is 0.644. The molecular formula is C13H20F2N2O. The maximum Gasteiger partial charge on any atom is 0.163 e. The molecule has 3 nitrogen and oxygen atoms in total. The number of ether oxygens (including phenoxy) is 1. The highest BCUT2D eigenvalue weighted by Crippen LogP contribution is 2.33. The Morgan fingerprint density at radius 2 is 1.89 bits per heavy atom. The lowest BCUT2D eigenvalue weighted by Crippen LogP contribution is -2.44. The summed E-state index contributed by atoms with van der Waals surface area (Å²) in [7, 11) is 1.53. The first kappa shape index (κ1) is 15.0. The average Bonchev–Trinajstić information content (AvgIpc) is 2.28. The molecule has 0 radical (unpaired) electrons. The molecule has 18 heavy (non-hydrogen) atoms. The SMILES string of the molecule is COC(C(NN)c1cccc(F)c1F)C(C)(C)C. The topological polar surface area (TPSA) is 47.3 Å². The van der Waals surface area contributed by atoms with Crippen molar-refractivity contribution < 1.29 is 13.5 Å². The van der Waals surface area contributed by atoms with Gasteiger partial charge in [0, 0.05) is 12.7 Å². The molecule has 0 aliphatic rings. The summed E-state index contributed by atoms with van der Waals surface area (Å²) in [5.41, 5.74) is 2.41. The van der Waals surface area contributed by atoms with E-state index in [4.69, 9.17) is 10.6 Å². The third kappa shape index (κ3) is 3.04. The van der Waals surface area contributed by atoms with E-state index in [0.29, 0.717) is 0 Å². The predicted molar refractivity (Wildman–Crippen MR) is 66.7 cm³/mol. The molecule has 1 aromatic carbocycles. The maximum atomic E-state index is 13.8. The standard InChI is InChI=1S/C13H20F2N2O/c1-13(2,3)12(18-4)11(17-16)8-6-5-7-9(14)10(8)15/h5-7,11-12,17H,16H2,1-4H3. The Hall–Kier alpha value is -1.04. The van der Waals surface area contributed by atoms with Crippen molar-refractivity contribution in [3.63, 3.8) is 0 Å². The summed E-state index contributed by atoms with van der Waals surface area (Å²) in [4.78, 5) is 0. The Labute approximate surface area is 106 Å². The van der Waals surface area contributed by atoms with Crippen LogP contribution in [0.15, 0.2) is 18.2 Å². The van der Waals surface area contributed by atoms with Crippen LogP contribution in [0.2, 0.25) is 0 Å². The maximum absolute atomic E-state index is 13.8. The van der Waals surface area contributed by atoms with Crippen molar-refractivity contribution in [2.75, 3.05) is 7.11 Å². The van der Waals surface area contributed by atoms with Crippen LogP contribution in [-0.4, -0.2) is 13.2 Å². The van der Waals surface area contributed by atoms with Crippen LogP contribution < -0.4 is 11.3 Å². The number of hydrazine groups is 1.